The Hall–Kier alpha value is -2.32. The first kappa shape index (κ1) is 16.5. The van der Waals surface area contributed by atoms with E-state index in [0.29, 0.717) is 12.4 Å². The number of likely N-dealkylation sites (tertiary alicyclic amines) is 1. The second-order valence-corrected chi connectivity index (χ2v) is 5.96. The molecule has 1 aromatic heterocycles. The van der Waals surface area contributed by atoms with Gasteiger partial charge in [0.05, 0.1) is 18.2 Å². The number of carbonyl (C=O) groups is 1. The molecule has 1 fully saturated rings. The first-order valence-electron chi connectivity index (χ1n) is 8.05. The molecule has 0 spiro atoms. The Kier molecular flexibility index (Phi) is 5.17. The molecule has 3 rings (SSSR count). The fourth-order valence-electron chi connectivity index (χ4n) is 2.90. The molecular formula is C16H22N6O2. The number of benzene rings is 1. The monoisotopic (exact) mass is 330 g/mol. The lowest BCUT2D eigenvalue weighted by atomic mass is 10.1. The highest BCUT2D eigenvalue weighted by Crippen LogP contribution is 2.20. The highest BCUT2D eigenvalue weighted by Gasteiger charge is 2.28. The average molecular weight is 330 g/mol. The van der Waals surface area contributed by atoms with Gasteiger partial charge < -0.3 is 15.0 Å². The minimum Gasteiger partial charge on any atom is -0.383 e. The third-order valence-corrected chi connectivity index (χ3v) is 4.24. The summed E-state index contributed by atoms with van der Waals surface area (Å²) in [6.45, 7) is 5.11. The molecule has 1 aliphatic rings. The van der Waals surface area contributed by atoms with E-state index in [2.05, 4.69) is 25.7 Å². The Bertz CT molecular complexity index is 701. The van der Waals surface area contributed by atoms with Crippen LogP contribution in [0.25, 0.3) is 5.69 Å². The number of nitrogens with one attached hydrogen (secondary N) is 1. The molecule has 24 heavy (non-hydrogen) atoms. The Morgan fingerprint density at radius 2 is 2.33 bits per heavy atom. The predicted molar refractivity (Wildman–Crippen MR) is 88.9 cm³/mol. The maximum atomic E-state index is 12.5. The van der Waals surface area contributed by atoms with E-state index in [4.69, 9.17) is 4.74 Å². The lowest BCUT2D eigenvalue weighted by Gasteiger charge is -2.15. The summed E-state index contributed by atoms with van der Waals surface area (Å²) in [5, 5.41) is 14.5. The van der Waals surface area contributed by atoms with E-state index in [-0.39, 0.29) is 11.8 Å². The topological polar surface area (TPSA) is 85.2 Å². The summed E-state index contributed by atoms with van der Waals surface area (Å²) in [6.07, 6.45) is 0.876. The fraction of sp³-hybridized carbons (Fsp3) is 0.500. The zero-order valence-corrected chi connectivity index (χ0v) is 14.0. The molecule has 0 saturated carbocycles. The van der Waals surface area contributed by atoms with Gasteiger partial charge in [-0.05, 0) is 48.5 Å². The molecule has 8 nitrogen and oxygen atoms in total. The van der Waals surface area contributed by atoms with Crippen molar-refractivity contribution in [1.82, 2.24) is 25.1 Å². The summed E-state index contributed by atoms with van der Waals surface area (Å²) >= 11 is 0. The molecular weight excluding hydrogens is 308 g/mol. The molecule has 1 N–H and O–H groups in total. The smallest absolute Gasteiger partial charge is 0.228 e. The summed E-state index contributed by atoms with van der Waals surface area (Å²) in [4.78, 5) is 14.7. The molecule has 1 unspecified atom stereocenters. The van der Waals surface area contributed by atoms with Gasteiger partial charge in [0.15, 0.2) is 5.82 Å². The number of methoxy groups -OCH3 is 1. The Morgan fingerprint density at radius 3 is 3.08 bits per heavy atom. The van der Waals surface area contributed by atoms with Crippen molar-refractivity contribution >= 4 is 11.6 Å². The van der Waals surface area contributed by atoms with Crippen molar-refractivity contribution in [3.63, 3.8) is 0 Å². The van der Waals surface area contributed by atoms with Crippen LogP contribution in [0, 0.1) is 12.8 Å². The minimum atomic E-state index is 0.0142. The second-order valence-electron chi connectivity index (χ2n) is 5.96. The van der Waals surface area contributed by atoms with E-state index in [1.54, 1.807) is 11.8 Å². The third-order valence-electron chi connectivity index (χ3n) is 4.24. The van der Waals surface area contributed by atoms with E-state index >= 15 is 0 Å². The molecule has 1 aromatic carbocycles. The van der Waals surface area contributed by atoms with Gasteiger partial charge >= 0.3 is 0 Å². The van der Waals surface area contributed by atoms with Gasteiger partial charge in [0.2, 0.25) is 5.91 Å². The first-order chi connectivity index (χ1) is 11.7. The average Bonchev–Trinajstić information content (AvgIpc) is 3.22. The molecule has 0 radical (unpaired) electrons. The van der Waals surface area contributed by atoms with Gasteiger partial charge in [-0.3, -0.25) is 4.79 Å². The maximum Gasteiger partial charge on any atom is 0.228 e. The van der Waals surface area contributed by atoms with Gasteiger partial charge in [-0.1, -0.05) is 6.07 Å². The summed E-state index contributed by atoms with van der Waals surface area (Å²) in [5.41, 5.74) is 1.58. The first-order valence-corrected chi connectivity index (χ1v) is 8.05. The molecule has 1 atom stereocenters. The van der Waals surface area contributed by atoms with Crippen molar-refractivity contribution in [3.05, 3.63) is 30.1 Å². The van der Waals surface area contributed by atoms with Crippen LogP contribution in [0.5, 0.6) is 0 Å². The number of aryl methyl sites for hydroxylation is 1. The molecule has 128 valence electrons. The van der Waals surface area contributed by atoms with E-state index in [1.807, 2.05) is 31.2 Å². The van der Waals surface area contributed by atoms with Crippen molar-refractivity contribution in [1.29, 1.82) is 0 Å². The number of hydrogen-bond donors (Lipinski definition) is 1. The lowest BCUT2D eigenvalue weighted by molar-refractivity contribution is -0.119. The fourth-order valence-corrected chi connectivity index (χ4v) is 2.90. The van der Waals surface area contributed by atoms with Crippen LogP contribution in [0.2, 0.25) is 0 Å². The third kappa shape index (κ3) is 3.77. The number of rotatable bonds is 6. The van der Waals surface area contributed by atoms with Crippen LogP contribution in [0.4, 0.5) is 5.69 Å². The number of amides is 1. The number of carbonyl (C=O) groups excluding carboxylic acids is 1. The van der Waals surface area contributed by atoms with Crippen molar-refractivity contribution in [2.24, 2.45) is 5.92 Å². The summed E-state index contributed by atoms with van der Waals surface area (Å²) in [6, 6.07) is 7.53. The Morgan fingerprint density at radius 1 is 1.46 bits per heavy atom. The van der Waals surface area contributed by atoms with Crippen LogP contribution < -0.4 is 5.32 Å². The van der Waals surface area contributed by atoms with Crippen molar-refractivity contribution in [2.75, 3.05) is 38.7 Å². The molecule has 8 heteroatoms. The van der Waals surface area contributed by atoms with Crippen LogP contribution in [-0.2, 0) is 9.53 Å². The normalized spacial score (nSPS) is 18.0. The number of anilines is 1. The van der Waals surface area contributed by atoms with Crippen LogP contribution in [0.1, 0.15) is 12.2 Å². The van der Waals surface area contributed by atoms with E-state index in [0.717, 1.165) is 37.4 Å². The quantitative estimate of drug-likeness (QED) is 0.846. The van der Waals surface area contributed by atoms with Gasteiger partial charge in [0.25, 0.3) is 0 Å². The zero-order valence-electron chi connectivity index (χ0n) is 14.0. The Labute approximate surface area is 140 Å². The van der Waals surface area contributed by atoms with E-state index in [9.17, 15) is 4.79 Å². The molecule has 2 aromatic rings. The molecule has 0 bridgehead atoms. The zero-order chi connectivity index (χ0) is 16.9. The molecule has 0 aliphatic carbocycles. The van der Waals surface area contributed by atoms with Gasteiger partial charge in [-0.2, -0.15) is 4.68 Å². The maximum absolute atomic E-state index is 12.5. The number of aromatic nitrogens is 4. The summed E-state index contributed by atoms with van der Waals surface area (Å²) in [7, 11) is 1.69. The van der Waals surface area contributed by atoms with Gasteiger partial charge in [-0.25, -0.2) is 0 Å². The van der Waals surface area contributed by atoms with E-state index < -0.39 is 0 Å². The standard InChI is InChI=1S/C16H22N6O2/c1-12-18-19-20-22(12)15-5-3-4-14(10-15)17-16(23)13-6-7-21(11-13)8-9-24-2/h3-5,10,13H,6-9,11H2,1-2H3,(H,17,23). The Balaban J connectivity index is 1.62. The van der Waals surface area contributed by atoms with E-state index in [1.165, 1.54) is 0 Å². The van der Waals surface area contributed by atoms with Gasteiger partial charge in [0, 0.05) is 25.9 Å². The van der Waals surface area contributed by atoms with Crippen molar-refractivity contribution in [2.45, 2.75) is 13.3 Å². The van der Waals surface area contributed by atoms with Gasteiger partial charge in [0.1, 0.15) is 0 Å². The highest BCUT2D eigenvalue weighted by atomic mass is 16.5. The van der Waals surface area contributed by atoms with Gasteiger partial charge in [-0.15, -0.1) is 5.10 Å². The SMILES string of the molecule is COCCN1CCC(C(=O)Nc2cccc(-n3nnnc3C)c2)C1. The largest absolute Gasteiger partial charge is 0.383 e. The van der Waals surface area contributed by atoms with Crippen molar-refractivity contribution < 1.29 is 9.53 Å². The molecule has 1 saturated heterocycles. The lowest BCUT2D eigenvalue weighted by Crippen LogP contribution is -2.29. The molecule has 1 amide bonds. The molecule has 1 aliphatic heterocycles. The minimum absolute atomic E-state index is 0.0142. The number of ether oxygens (including phenoxy) is 1. The summed E-state index contributed by atoms with van der Waals surface area (Å²) in [5.74, 6) is 0.767. The highest BCUT2D eigenvalue weighted by molar-refractivity contribution is 5.93. The van der Waals surface area contributed by atoms with Crippen LogP contribution in [-0.4, -0.2) is 64.4 Å². The predicted octanol–water partition coefficient (Wildman–Crippen LogP) is 0.878. The number of hydrogen-bond acceptors (Lipinski definition) is 6. The van der Waals surface area contributed by atoms with Crippen molar-refractivity contribution in [3.8, 4) is 5.69 Å². The number of nitrogens with zero attached hydrogens (tertiary/aromatic N) is 5. The summed E-state index contributed by atoms with van der Waals surface area (Å²) < 4.78 is 6.73. The number of tetrazole rings is 1. The van der Waals surface area contributed by atoms with Crippen LogP contribution in [0.3, 0.4) is 0 Å². The van der Waals surface area contributed by atoms with Crippen LogP contribution in [0.15, 0.2) is 24.3 Å². The van der Waals surface area contributed by atoms with Crippen LogP contribution >= 0.6 is 0 Å². The second kappa shape index (κ2) is 7.50. The molecule has 2 heterocycles.